The molecule has 1 aliphatic rings. The largest absolute Gasteiger partial charge is 0.369 e. The van der Waals surface area contributed by atoms with Gasteiger partial charge in [0.1, 0.15) is 0 Å². The van der Waals surface area contributed by atoms with Crippen molar-refractivity contribution in [3.8, 4) is 0 Å². The van der Waals surface area contributed by atoms with Crippen LogP contribution in [0.1, 0.15) is 32.3 Å². The molecule has 1 aromatic carbocycles. The van der Waals surface area contributed by atoms with Crippen LogP contribution in [0.15, 0.2) is 30.3 Å². The van der Waals surface area contributed by atoms with Gasteiger partial charge in [0.05, 0.1) is 5.41 Å². The maximum absolute atomic E-state index is 12.2. The Morgan fingerprint density at radius 2 is 1.95 bits per heavy atom. The lowest BCUT2D eigenvalue weighted by molar-refractivity contribution is -0.126. The molecule has 104 valence electrons. The van der Waals surface area contributed by atoms with E-state index in [1.807, 2.05) is 32.3 Å². The lowest BCUT2D eigenvalue weighted by atomic mass is 9.80. The van der Waals surface area contributed by atoms with Crippen molar-refractivity contribution in [3.05, 3.63) is 35.9 Å². The van der Waals surface area contributed by atoms with Crippen molar-refractivity contribution >= 4 is 5.91 Å². The van der Waals surface area contributed by atoms with Crippen LogP contribution in [-0.2, 0) is 10.2 Å². The molecule has 0 saturated heterocycles. The quantitative estimate of drug-likeness (QED) is 0.882. The summed E-state index contributed by atoms with van der Waals surface area (Å²) in [5.74, 6) is -0.167. The average Bonchev–Trinajstić information content (AvgIpc) is 3.00. The van der Waals surface area contributed by atoms with E-state index in [-0.39, 0.29) is 17.4 Å². The zero-order valence-electron chi connectivity index (χ0n) is 12.3. The van der Waals surface area contributed by atoms with Crippen molar-refractivity contribution in [2.45, 2.75) is 38.1 Å². The Morgan fingerprint density at radius 1 is 1.37 bits per heavy atom. The second-order valence-corrected chi connectivity index (χ2v) is 6.10. The molecule has 0 heterocycles. The summed E-state index contributed by atoms with van der Waals surface area (Å²) < 4.78 is 0. The standard InChI is InChI=1S/C16H24N2O/c1-5-13(18(3)4)16(14(17)19)11-15(16,2)12-9-7-6-8-10-12/h6-10,13H,5,11H2,1-4H3,(H2,17,19). The van der Waals surface area contributed by atoms with Gasteiger partial charge in [-0.2, -0.15) is 0 Å². The van der Waals surface area contributed by atoms with Crippen molar-refractivity contribution in [2.24, 2.45) is 11.1 Å². The van der Waals surface area contributed by atoms with Crippen molar-refractivity contribution < 1.29 is 4.79 Å². The molecule has 1 saturated carbocycles. The first-order valence-corrected chi connectivity index (χ1v) is 6.92. The third-order valence-corrected chi connectivity index (χ3v) is 4.92. The Morgan fingerprint density at radius 3 is 2.37 bits per heavy atom. The van der Waals surface area contributed by atoms with E-state index in [0.29, 0.717) is 0 Å². The van der Waals surface area contributed by atoms with Gasteiger partial charge in [0.15, 0.2) is 0 Å². The lowest BCUT2D eigenvalue weighted by Crippen LogP contribution is -2.47. The van der Waals surface area contributed by atoms with Crippen LogP contribution in [-0.4, -0.2) is 30.9 Å². The van der Waals surface area contributed by atoms with Gasteiger partial charge in [-0.25, -0.2) is 0 Å². The Labute approximate surface area is 115 Å². The molecule has 1 fully saturated rings. The van der Waals surface area contributed by atoms with Gasteiger partial charge in [-0.05, 0) is 32.5 Å². The molecule has 2 rings (SSSR count). The van der Waals surface area contributed by atoms with Gasteiger partial charge in [-0.1, -0.05) is 44.2 Å². The lowest BCUT2D eigenvalue weighted by Gasteiger charge is -2.33. The molecule has 3 heteroatoms. The van der Waals surface area contributed by atoms with Gasteiger partial charge < -0.3 is 10.6 Å². The number of hydrogen-bond acceptors (Lipinski definition) is 2. The van der Waals surface area contributed by atoms with E-state index in [4.69, 9.17) is 5.73 Å². The van der Waals surface area contributed by atoms with Crippen LogP contribution in [0.4, 0.5) is 0 Å². The number of hydrogen-bond donors (Lipinski definition) is 1. The molecule has 0 radical (unpaired) electrons. The fourth-order valence-corrected chi connectivity index (χ4v) is 3.84. The normalized spacial score (nSPS) is 31.2. The molecule has 3 nitrogen and oxygen atoms in total. The zero-order valence-corrected chi connectivity index (χ0v) is 12.3. The number of nitrogens with two attached hydrogens (primary N) is 1. The predicted octanol–water partition coefficient (Wildman–Crippen LogP) is 2.16. The average molecular weight is 260 g/mol. The molecule has 0 aromatic heterocycles. The molecule has 2 N–H and O–H groups in total. The number of amides is 1. The first kappa shape index (κ1) is 14.1. The van der Waals surface area contributed by atoms with Crippen LogP contribution >= 0.6 is 0 Å². The van der Waals surface area contributed by atoms with Crippen LogP contribution in [0.25, 0.3) is 0 Å². The molecular formula is C16H24N2O. The van der Waals surface area contributed by atoms with E-state index >= 15 is 0 Å². The number of nitrogens with zero attached hydrogens (tertiary/aromatic N) is 1. The van der Waals surface area contributed by atoms with Crippen LogP contribution in [0.5, 0.6) is 0 Å². The minimum absolute atomic E-state index is 0.134. The summed E-state index contributed by atoms with van der Waals surface area (Å²) in [7, 11) is 4.06. The first-order chi connectivity index (χ1) is 8.90. The minimum Gasteiger partial charge on any atom is -0.369 e. The summed E-state index contributed by atoms with van der Waals surface area (Å²) in [6, 6.07) is 10.5. The fraction of sp³-hybridized carbons (Fsp3) is 0.562. The molecule has 3 atom stereocenters. The third kappa shape index (κ3) is 1.88. The van der Waals surface area contributed by atoms with Gasteiger partial charge in [0.2, 0.25) is 5.91 Å². The van der Waals surface area contributed by atoms with E-state index in [1.54, 1.807) is 0 Å². The summed E-state index contributed by atoms with van der Waals surface area (Å²) in [5, 5.41) is 0. The topological polar surface area (TPSA) is 46.3 Å². The van der Waals surface area contributed by atoms with Crippen molar-refractivity contribution in [1.29, 1.82) is 0 Å². The smallest absolute Gasteiger partial charge is 0.226 e. The molecule has 0 aliphatic heterocycles. The van der Waals surface area contributed by atoms with Crippen LogP contribution < -0.4 is 5.73 Å². The molecule has 1 amide bonds. The molecular weight excluding hydrogens is 236 g/mol. The van der Waals surface area contributed by atoms with E-state index in [9.17, 15) is 4.79 Å². The summed E-state index contributed by atoms with van der Waals surface area (Å²) in [6.45, 7) is 4.29. The van der Waals surface area contributed by atoms with Crippen molar-refractivity contribution in [2.75, 3.05) is 14.1 Å². The number of primary amides is 1. The Balaban J connectivity index is 2.44. The second kappa shape index (κ2) is 4.64. The summed E-state index contributed by atoms with van der Waals surface area (Å²) in [5.41, 5.74) is 6.44. The summed E-state index contributed by atoms with van der Waals surface area (Å²) in [4.78, 5) is 14.3. The molecule has 19 heavy (non-hydrogen) atoms. The van der Waals surface area contributed by atoms with Crippen molar-refractivity contribution in [3.63, 3.8) is 0 Å². The van der Waals surface area contributed by atoms with Gasteiger partial charge in [0, 0.05) is 11.5 Å². The van der Waals surface area contributed by atoms with Crippen molar-refractivity contribution in [1.82, 2.24) is 4.90 Å². The van der Waals surface area contributed by atoms with Crippen LogP contribution in [0, 0.1) is 5.41 Å². The van der Waals surface area contributed by atoms with E-state index in [2.05, 4.69) is 30.9 Å². The highest BCUT2D eigenvalue weighted by atomic mass is 16.1. The monoisotopic (exact) mass is 260 g/mol. The number of carbonyl (C=O) groups excluding carboxylic acids is 1. The fourth-order valence-electron chi connectivity index (χ4n) is 3.84. The Hall–Kier alpha value is -1.35. The molecule has 1 aliphatic carbocycles. The molecule has 1 aromatic rings. The highest BCUT2D eigenvalue weighted by Crippen LogP contribution is 2.67. The number of carbonyl (C=O) groups is 1. The van der Waals surface area contributed by atoms with E-state index < -0.39 is 5.41 Å². The maximum atomic E-state index is 12.2. The first-order valence-electron chi connectivity index (χ1n) is 6.92. The van der Waals surface area contributed by atoms with Crippen LogP contribution in [0.2, 0.25) is 0 Å². The van der Waals surface area contributed by atoms with Gasteiger partial charge in [-0.3, -0.25) is 4.79 Å². The Kier molecular flexibility index (Phi) is 3.43. The maximum Gasteiger partial charge on any atom is 0.226 e. The Bertz CT molecular complexity index is 471. The molecule has 3 unspecified atom stereocenters. The minimum atomic E-state index is -0.438. The SMILES string of the molecule is CCC(N(C)C)C1(C(N)=O)CC1(C)c1ccccc1. The van der Waals surface area contributed by atoms with Crippen LogP contribution in [0.3, 0.4) is 0 Å². The van der Waals surface area contributed by atoms with E-state index in [1.165, 1.54) is 5.56 Å². The molecule has 0 bridgehead atoms. The van der Waals surface area contributed by atoms with Gasteiger partial charge in [-0.15, -0.1) is 0 Å². The van der Waals surface area contributed by atoms with Gasteiger partial charge in [0.25, 0.3) is 0 Å². The molecule has 0 spiro atoms. The second-order valence-electron chi connectivity index (χ2n) is 6.10. The number of benzene rings is 1. The highest BCUT2D eigenvalue weighted by Gasteiger charge is 2.72. The summed E-state index contributed by atoms with van der Waals surface area (Å²) >= 11 is 0. The third-order valence-electron chi connectivity index (χ3n) is 4.92. The van der Waals surface area contributed by atoms with Gasteiger partial charge >= 0.3 is 0 Å². The predicted molar refractivity (Wildman–Crippen MR) is 77.8 cm³/mol. The summed E-state index contributed by atoms with van der Waals surface area (Å²) in [6.07, 6.45) is 1.77. The zero-order chi connectivity index (χ0) is 14.3. The number of rotatable bonds is 5. The van der Waals surface area contributed by atoms with E-state index in [0.717, 1.165) is 12.8 Å². The highest BCUT2D eigenvalue weighted by molar-refractivity contribution is 5.88.